The van der Waals surface area contributed by atoms with Crippen LogP contribution in [0.15, 0.2) is 30.3 Å². The zero-order valence-electron chi connectivity index (χ0n) is 27.7. The monoisotopic (exact) mass is 560 g/mol. The van der Waals surface area contributed by atoms with Crippen molar-refractivity contribution >= 4 is 5.91 Å². The molecular weight excluding hydrogens is 494 g/mol. The molecule has 3 N–H and O–H groups in total. The largest absolute Gasteiger partial charge is 0.390 e. The van der Waals surface area contributed by atoms with E-state index < -0.39 is 6.10 Å². The van der Waals surface area contributed by atoms with E-state index in [0.29, 0.717) is 38.3 Å². The van der Waals surface area contributed by atoms with Gasteiger partial charge in [-0.05, 0) is 42.1 Å². The van der Waals surface area contributed by atoms with Crippen LogP contribution < -0.4 is 10.6 Å². The molecule has 1 aliphatic rings. The molecule has 0 aliphatic heterocycles. The lowest BCUT2D eigenvalue weighted by molar-refractivity contribution is -0.123. The van der Waals surface area contributed by atoms with Crippen molar-refractivity contribution in [1.82, 2.24) is 10.6 Å². The number of rotatable bonds is 17. The molecule has 3 atom stereocenters. The van der Waals surface area contributed by atoms with Crippen LogP contribution in [0.2, 0.25) is 0 Å². The Labute approximate surface area is 248 Å². The lowest BCUT2D eigenvalue weighted by Crippen LogP contribution is -2.49. The van der Waals surface area contributed by atoms with E-state index in [9.17, 15) is 9.90 Å². The third kappa shape index (κ3) is 21.9. The molecule has 0 aromatic heterocycles. The van der Waals surface area contributed by atoms with Gasteiger partial charge in [0.15, 0.2) is 0 Å². The fraction of sp³-hybridized carbons (Fsp3) is 0.771. The Morgan fingerprint density at radius 1 is 1.10 bits per heavy atom. The number of carbonyl (C=O) groups excluding carboxylic acids is 1. The molecule has 232 valence electrons. The fourth-order valence-electron chi connectivity index (χ4n) is 4.33. The number of hydrogen-bond acceptors (Lipinski definition) is 4. The molecule has 0 radical (unpaired) electrons. The standard InChI is InChI=1S/C26H43N3O2.C5H10.2C2H6/c1-5-7-12-21(6-2)18-25(31)29-23(17-22-13-9-8-10-14-22)24(30)19-28-20-26(3,4)15-11-16-27;1-2-5-3-4-5;2*1-2/h8-10,13-14,21,23-24,28,30H,5-7,11-12,15,17-20H2,1-4H3,(H,29,31);5H,2-4H2,1H3;2*1-2H3. The van der Waals surface area contributed by atoms with Gasteiger partial charge in [-0.1, -0.05) is 131 Å². The molecule has 2 rings (SSSR count). The maximum atomic E-state index is 12.8. The molecule has 0 saturated heterocycles. The number of aliphatic hydroxyl groups is 1. The summed E-state index contributed by atoms with van der Waals surface area (Å²) in [6.07, 6.45) is 10.6. The first kappa shape index (κ1) is 40.2. The molecule has 40 heavy (non-hydrogen) atoms. The van der Waals surface area contributed by atoms with Crippen molar-refractivity contribution < 1.29 is 9.90 Å². The first-order valence-electron chi connectivity index (χ1n) is 16.3. The number of hydrogen-bond donors (Lipinski definition) is 3. The number of nitriles is 1. The second kappa shape index (κ2) is 26.0. The maximum Gasteiger partial charge on any atom is 0.220 e. The normalized spacial score (nSPS) is 14.4. The summed E-state index contributed by atoms with van der Waals surface area (Å²) in [6.45, 7) is 19.9. The average molecular weight is 560 g/mol. The van der Waals surface area contributed by atoms with E-state index in [4.69, 9.17) is 5.26 Å². The highest BCUT2D eigenvalue weighted by Gasteiger charge is 2.24. The Kier molecular flexibility index (Phi) is 26.2. The molecule has 1 saturated carbocycles. The van der Waals surface area contributed by atoms with Gasteiger partial charge in [0.25, 0.3) is 0 Å². The van der Waals surface area contributed by atoms with Gasteiger partial charge in [-0.15, -0.1) is 0 Å². The molecule has 3 unspecified atom stereocenters. The summed E-state index contributed by atoms with van der Waals surface area (Å²) in [5.74, 6) is 1.56. The van der Waals surface area contributed by atoms with Gasteiger partial charge in [0.1, 0.15) is 0 Å². The van der Waals surface area contributed by atoms with Crippen molar-refractivity contribution in [1.29, 1.82) is 5.26 Å². The average Bonchev–Trinajstić information content (AvgIpc) is 3.82. The van der Waals surface area contributed by atoms with Crippen LogP contribution in [0.5, 0.6) is 0 Å². The summed E-state index contributed by atoms with van der Waals surface area (Å²) in [4.78, 5) is 12.8. The van der Waals surface area contributed by atoms with Gasteiger partial charge in [-0.25, -0.2) is 0 Å². The van der Waals surface area contributed by atoms with E-state index in [-0.39, 0.29) is 17.4 Å². The van der Waals surface area contributed by atoms with Crippen LogP contribution in [-0.4, -0.2) is 36.2 Å². The van der Waals surface area contributed by atoms with E-state index in [1.165, 1.54) is 19.3 Å². The second-order valence-electron chi connectivity index (χ2n) is 11.4. The highest BCUT2D eigenvalue weighted by Crippen LogP contribution is 2.31. The lowest BCUT2D eigenvalue weighted by Gasteiger charge is -2.28. The Hall–Kier alpha value is -1.90. The van der Waals surface area contributed by atoms with Gasteiger partial charge in [0.05, 0.1) is 18.2 Å². The SMILES string of the molecule is CC.CC.CCC1CC1.CCCCC(CC)CC(=O)NC(Cc1ccccc1)C(O)CNCC(C)(C)CCC#N. The van der Waals surface area contributed by atoms with Crippen molar-refractivity contribution in [3.8, 4) is 6.07 Å². The van der Waals surface area contributed by atoms with Crippen LogP contribution in [0.3, 0.4) is 0 Å². The van der Waals surface area contributed by atoms with Gasteiger partial charge in [0, 0.05) is 25.9 Å². The summed E-state index contributed by atoms with van der Waals surface area (Å²) in [6, 6.07) is 11.8. The Balaban J connectivity index is 0. The Bertz CT molecular complexity index is 741. The molecule has 0 heterocycles. The number of carbonyl (C=O) groups is 1. The molecule has 1 amide bonds. The number of amides is 1. The molecule has 5 nitrogen and oxygen atoms in total. The highest BCUT2D eigenvalue weighted by molar-refractivity contribution is 5.76. The minimum absolute atomic E-state index is 0.0126. The highest BCUT2D eigenvalue weighted by atomic mass is 16.3. The molecule has 0 spiro atoms. The fourth-order valence-corrected chi connectivity index (χ4v) is 4.33. The van der Waals surface area contributed by atoms with Crippen LogP contribution in [-0.2, 0) is 11.2 Å². The summed E-state index contributed by atoms with van der Waals surface area (Å²) in [5, 5.41) is 26.2. The van der Waals surface area contributed by atoms with Gasteiger partial charge < -0.3 is 15.7 Å². The number of unbranched alkanes of at least 4 members (excludes halogenated alkanes) is 1. The minimum atomic E-state index is -0.688. The first-order chi connectivity index (χ1) is 19.2. The maximum absolute atomic E-state index is 12.8. The second-order valence-corrected chi connectivity index (χ2v) is 11.4. The van der Waals surface area contributed by atoms with Gasteiger partial charge in [-0.2, -0.15) is 5.26 Å². The third-order valence-corrected chi connectivity index (χ3v) is 7.27. The Morgan fingerprint density at radius 3 is 2.20 bits per heavy atom. The smallest absolute Gasteiger partial charge is 0.220 e. The third-order valence-electron chi connectivity index (χ3n) is 7.27. The van der Waals surface area contributed by atoms with Gasteiger partial charge in [0.2, 0.25) is 5.91 Å². The van der Waals surface area contributed by atoms with E-state index >= 15 is 0 Å². The van der Waals surface area contributed by atoms with Crippen molar-refractivity contribution in [3.05, 3.63) is 35.9 Å². The van der Waals surface area contributed by atoms with E-state index in [1.54, 1.807) is 0 Å². The molecular formula is C35H65N3O2. The zero-order chi connectivity index (χ0) is 30.8. The first-order valence-corrected chi connectivity index (χ1v) is 16.3. The van der Waals surface area contributed by atoms with Crippen molar-refractivity contribution in [3.63, 3.8) is 0 Å². The number of aliphatic hydroxyl groups excluding tert-OH is 1. The van der Waals surface area contributed by atoms with Gasteiger partial charge >= 0.3 is 0 Å². The summed E-state index contributed by atoms with van der Waals surface area (Å²) >= 11 is 0. The molecule has 1 aromatic rings. The van der Waals surface area contributed by atoms with Crippen LogP contribution in [0.25, 0.3) is 0 Å². The quantitative estimate of drug-likeness (QED) is 0.179. The van der Waals surface area contributed by atoms with Crippen molar-refractivity contribution in [2.24, 2.45) is 17.3 Å². The topological polar surface area (TPSA) is 85.2 Å². The Morgan fingerprint density at radius 2 is 1.73 bits per heavy atom. The molecule has 1 aromatic carbocycles. The van der Waals surface area contributed by atoms with E-state index in [0.717, 1.165) is 43.6 Å². The molecule has 5 heteroatoms. The van der Waals surface area contributed by atoms with Crippen LogP contribution in [0.1, 0.15) is 132 Å². The number of benzene rings is 1. The van der Waals surface area contributed by atoms with Crippen LogP contribution >= 0.6 is 0 Å². The van der Waals surface area contributed by atoms with Crippen molar-refractivity contribution in [2.45, 2.75) is 145 Å². The summed E-state index contributed by atoms with van der Waals surface area (Å²) < 4.78 is 0. The van der Waals surface area contributed by atoms with Crippen molar-refractivity contribution in [2.75, 3.05) is 13.1 Å². The predicted octanol–water partition coefficient (Wildman–Crippen LogP) is 8.46. The van der Waals surface area contributed by atoms with Gasteiger partial charge in [-0.3, -0.25) is 4.79 Å². The van der Waals surface area contributed by atoms with Crippen LogP contribution in [0, 0.1) is 28.6 Å². The van der Waals surface area contributed by atoms with Crippen LogP contribution in [0.4, 0.5) is 0 Å². The van der Waals surface area contributed by atoms with E-state index in [2.05, 4.69) is 51.3 Å². The summed E-state index contributed by atoms with van der Waals surface area (Å²) in [5.41, 5.74) is 1.08. The lowest BCUT2D eigenvalue weighted by atomic mass is 9.88. The number of nitrogens with zero attached hydrogens (tertiary/aromatic N) is 1. The number of nitrogens with one attached hydrogen (secondary N) is 2. The zero-order valence-corrected chi connectivity index (χ0v) is 27.7. The molecule has 0 bridgehead atoms. The predicted molar refractivity (Wildman–Crippen MR) is 173 cm³/mol. The molecule has 1 fully saturated rings. The minimum Gasteiger partial charge on any atom is -0.390 e. The van der Waals surface area contributed by atoms with E-state index in [1.807, 2.05) is 58.0 Å². The summed E-state index contributed by atoms with van der Waals surface area (Å²) in [7, 11) is 0. The molecule has 1 aliphatic carbocycles.